The molecule has 0 amide bonds. The van der Waals surface area contributed by atoms with Gasteiger partial charge in [-0.1, -0.05) is 24.3 Å². The second kappa shape index (κ2) is 7.15. The molecule has 102 valence electrons. The largest absolute Gasteiger partial charge is 0.479 e. The molecule has 4 heteroatoms. The fourth-order valence-electron chi connectivity index (χ4n) is 1.86. The summed E-state index contributed by atoms with van der Waals surface area (Å²) in [5.41, 5.74) is 2.30. The van der Waals surface area contributed by atoms with E-state index < -0.39 is 0 Å². The molecule has 20 heavy (non-hydrogen) atoms. The van der Waals surface area contributed by atoms with Gasteiger partial charge in [0.25, 0.3) is 0 Å². The van der Waals surface area contributed by atoms with Crippen LogP contribution in [-0.4, -0.2) is 6.61 Å². The average Bonchev–Trinajstić information content (AvgIpc) is 2.48. The summed E-state index contributed by atoms with van der Waals surface area (Å²) in [6.45, 7) is 2.20. The minimum absolute atomic E-state index is 0.0787. The zero-order valence-corrected chi connectivity index (χ0v) is 13.3. The molecule has 0 aromatic heterocycles. The Labute approximate surface area is 132 Å². The Hall–Kier alpha value is -1.74. The van der Waals surface area contributed by atoms with Crippen molar-refractivity contribution in [2.75, 3.05) is 11.9 Å². The SMILES string of the molecule is CC(Nc1ccccc1I)c1ccc(OCC#N)cc1. The third kappa shape index (κ3) is 3.87. The number of halogens is 1. The molecule has 1 atom stereocenters. The number of ether oxygens (including phenoxy) is 1. The van der Waals surface area contributed by atoms with Gasteiger partial charge in [-0.25, -0.2) is 0 Å². The summed E-state index contributed by atoms with van der Waals surface area (Å²) >= 11 is 2.32. The van der Waals surface area contributed by atoms with Crippen LogP contribution in [0, 0.1) is 14.9 Å². The number of rotatable bonds is 5. The van der Waals surface area contributed by atoms with Crippen molar-refractivity contribution >= 4 is 28.3 Å². The lowest BCUT2D eigenvalue weighted by molar-refractivity contribution is 0.368. The van der Waals surface area contributed by atoms with E-state index in [2.05, 4.69) is 47.0 Å². The highest BCUT2D eigenvalue weighted by Gasteiger charge is 2.07. The lowest BCUT2D eigenvalue weighted by Gasteiger charge is -2.17. The zero-order valence-electron chi connectivity index (χ0n) is 11.1. The molecule has 2 aromatic rings. The molecule has 2 aromatic carbocycles. The zero-order chi connectivity index (χ0) is 14.4. The molecule has 2 rings (SSSR count). The van der Waals surface area contributed by atoms with Crippen molar-refractivity contribution in [3.8, 4) is 11.8 Å². The maximum atomic E-state index is 8.47. The van der Waals surface area contributed by atoms with E-state index in [1.54, 1.807) is 0 Å². The summed E-state index contributed by atoms with van der Waals surface area (Å²) in [6.07, 6.45) is 0. The van der Waals surface area contributed by atoms with E-state index in [4.69, 9.17) is 10.00 Å². The smallest absolute Gasteiger partial charge is 0.174 e. The minimum Gasteiger partial charge on any atom is -0.479 e. The lowest BCUT2D eigenvalue weighted by atomic mass is 10.1. The van der Waals surface area contributed by atoms with Crippen LogP contribution in [0.1, 0.15) is 18.5 Å². The van der Waals surface area contributed by atoms with Crippen molar-refractivity contribution in [1.29, 1.82) is 5.26 Å². The van der Waals surface area contributed by atoms with Gasteiger partial charge in [-0.15, -0.1) is 0 Å². The fraction of sp³-hybridized carbons (Fsp3) is 0.188. The summed E-state index contributed by atoms with van der Waals surface area (Å²) in [7, 11) is 0. The molecular weight excluding hydrogens is 363 g/mol. The van der Waals surface area contributed by atoms with Crippen LogP contribution in [0.15, 0.2) is 48.5 Å². The highest BCUT2D eigenvalue weighted by atomic mass is 127. The number of nitriles is 1. The van der Waals surface area contributed by atoms with Crippen LogP contribution in [0.2, 0.25) is 0 Å². The second-order valence-corrected chi connectivity index (χ2v) is 5.52. The normalized spacial score (nSPS) is 11.4. The standard InChI is InChI=1S/C16H15IN2O/c1-12(19-16-5-3-2-4-15(16)17)13-6-8-14(9-7-13)20-11-10-18/h2-9,12,19H,11H2,1H3. The van der Waals surface area contributed by atoms with Crippen molar-refractivity contribution in [3.05, 3.63) is 57.7 Å². The summed E-state index contributed by atoms with van der Waals surface area (Å²) in [5.74, 6) is 0.719. The summed E-state index contributed by atoms with van der Waals surface area (Å²) < 4.78 is 6.44. The molecule has 0 spiro atoms. The van der Waals surface area contributed by atoms with Crippen molar-refractivity contribution in [2.24, 2.45) is 0 Å². The fourth-order valence-corrected chi connectivity index (χ4v) is 2.41. The van der Waals surface area contributed by atoms with Gasteiger partial charge in [0, 0.05) is 15.3 Å². The molecule has 0 aliphatic heterocycles. The van der Waals surface area contributed by atoms with Crippen molar-refractivity contribution in [2.45, 2.75) is 13.0 Å². The van der Waals surface area contributed by atoms with Crippen LogP contribution >= 0.6 is 22.6 Å². The number of anilines is 1. The Morgan fingerprint density at radius 2 is 1.90 bits per heavy atom. The molecule has 0 aliphatic carbocycles. The molecule has 0 radical (unpaired) electrons. The molecule has 3 nitrogen and oxygen atoms in total. The van der Waals surface area contributed by atoms with E-state index >= 15 is 0 Å². The monoisotopic (exact) mass is 378 g/mol. The quantitative estimate of drug-likeness (QED) is 0.787. The van der Waals surface area contributed by atoms with Gasteiger partial charge < -0.3 is 10.1 Å². The molecule has 0 aliphatic rings. The van der Waals surface area contributed by atoms with Crippen molar-refractivity contribution in [3.63, 3.8) is 0 Å². The van der Waals surface area contributed by atoms with Gasteiger partial charge in [0.15, 0.2) is 6.61 Å². The predicted octanol–water partition coefficient (Wildman–Crippen LogP) is 4.37. The van der Waals surface area contributed by atoms with Gasteiger partial charge in [0.2, 0.25) is 0 Å². The van der Waals surface area contributed by atoms with E-state index in [9.17, 15) is 0 Å². The summed E-state index contributed by atoms with van der Waals surface area (Å²) in [4.78, 5) is 0. The molecule has 0 saturated heterocycles. The third-order valence-electron chi connectivity index (χ3n) is 2.93. The number of nitrogens with zero attached hydrogens (tertiary/aromatic N) is 1. The first-order valence-corrected chi connectivity index (χ1v) is 7.39. The minimum atomic E-state index is 0.0787. The Morgan fingerprint density at radius 3 is 2.55 bits per heavy atom. The summed E-state index contributed by atoms with van der Waals surface area (Å²) in [6, 6.07) is 18.2. The third-order valence-corrected chi connectivity index (χ3v) is 3.87. The van der Waals surface area contributed by atoms with E-state index in [0.717, 1.165) is 11.4 Å². The first-order chi connectivity index (χ1) is 9.70. The molecule has 1 unspecified atom stereocenters. The number of nitrogens with one attached hydrogen (secondary N) is 1. The van der Waals surface area contributed by atoms with E-state index in [0.29, 0.717) is 0 Å². The van der Waals surface area contributed by atoms with Gasteiger partial charge in [-0.05, 0) is 59.3 Å². The Bertz CT molecular complexity index is 605. The van der Waals surface area contributed by atoms with Gasteiger partial charge in [-0.3, -0.25) is 0 Å². The highest BCUT2D eigenvalue weighted by Crippen LogP contribution is 2.24. The predicted molar refractivity (Wildman–Crippen MR) is 88.7 cm³/mol. The van der Waals surface area contributed by atoms with Crippen LogP contribution in [0.4, 0.5) is 5.69 Å². The van der Waals surface area contributed by atoms with Crippen LogP contribution in [-0.2, 0) is 0 Å². The Morgan fingerprint density at radius 1 is 1.20 bits per heavy atom. The Kier molecular flexibility index (Phi) is 5.24. The van der Waals surface area contributed by atoms with Crippen molar-refractivity contribution in [1.82, 2.24) is 0 Å². The van der Waals surface area contributed by atoms with E-state index in [1.165, 1.54) is 9.13 Å². The molecule has 0 saturated carbocycles. The number of benzene rings is 2. The van der Waals surface area contributed by atoms with Crippen molar-refractivity contribution < 1.29 is 4.74 Å². The summed E-state index contributed by atoms with van der Waals surface area (Å²) in [5, 5.41) is 12.0. The topological polar surface area (TPSA) is 45.0 Å². The Balaban J connectivity index is 2.04. The lowest BCUT2D eigenvalue weighted by Crippen LogP contribution is -2.07. The van der Waals surface area contributed by atoms with Gasteiger partial charge in [-0.2, -0.15) is 5.26 Å². The molecule has 0 fully saturated rings. The highest BCUT2D eigenvalue weighted by molar-refractivity contribution is 14.1. The van der Waals surface area contributed by atoms with Gasteiger partial charge in [0.1, 0.15) is 11.8 Å². The number of para-hydroxylation sites is 1. The van der Waals surface area contributed by atoms with Gasteiger partial charge >= 0.3 is 0 Å². The van der Waals surface area contributed by atoms with E-state index in [1.807, 2.05) is 42.5 Å². The maximum absolute atomic E-state index is 8.47. The van der Waals surface area contributed by atoms with E-state index in [-0.39, 0.29) is 12.6 Å². The maximum Gasteiger partial charge on any atom is 0.174 e. The number of hydrogen-bond donors (Lipinski definition) is 1. The van der Waals surface area contributed by atoms with Crippen LogP contribution < -0.4 is 10.1 Å². The molecular formula is C16H15IN2O. The van der Waals surface area contributed by atoms with Crippen LogP contribution in [0.3, 0.4) is 0 Å². The number of hydrogen-bond acceptors (Lipinski definition) is 3. The molecule has 1 N–H and O–H groups in total. The first kappa shape index (κ1) is 14.7. The first-order valence-electron chi connectivity index (χ1n) is 6.31. The average molecular weight is 378 g/mol. The second-order valence-electron chi connectivity index (χ2n) is 4.36. The van der Waals surface area contributed by atoms with Crippen LogP contribution in [0.5, 0.6) is 5.75 Å². The molecule has 0 heterocycles. The molecule has 0 bridgehead atoms. The van der Waals surface area contributed by atoms with Crippen LogP contribution in [0.25, 0.3) is 0 Å². The van der Waals surface area contributed by atoms with Gasteiger partial charge in [0.05, 0.1) is 0 Å².